The number of hydrogen-bond donors (Lipinski definition) is 0. The second-order valence-corrected chi connectivity index (χ2v) is 4.52. The number of carbonyl (C=O) groups excluding carboxylic acids is 1. The first-order valence-corrected chi connectivity index (χ1v) is 6.05. The monoisotopic (exact) mass is 268 g/mol. The molecule has 2 aromatic rings. The van der Waals surface area contributed by atoms with E-state index in [1.807, 2.05) is 0 Å². The Morgan fingerprint density at radius 3 is 2.78 bits per heavy atom. The Hall–Kier alpha value is -1.75. The van der Waals surface area contributed by atoms with Crippen LogP contribution in [0.15, 0.2) is 35.7 Å². The Kier molecular flexibility index (Phi) is 3.72. The Morgan fingerprint density at radius 2 is 2.11 bits per heavy atom. The maximum Gasteiger partial charge on any atom is 0.337 e. The minimum absolute atomic E-state index is 0.0111. The van der Waals surface area contributed by atoms with Crippen LogP contribution in [-0.2, 0) is 4.74 Å². The molecular formula is C13H10F2O2S. The van der Waals surface area contributed by atoms with Crippen LogP contribution in [0.25, 0.3) is 11.1 Å². The van der Waals surface area contributed by atoms with Gasteiger partial charge >= 0.3 is 5.97 Å². The van der Waals surface area contributed by atoms with E-state index in [9.17, 15) is 13.6 Å². The van der Waals surface area contributed by atoms with Gasteiger partial charge in [-0.15, -0.1) is 11.3 Å². The molecule has 2 nitrogen and oxygen atoms in total. The van der Waals surface area contributed by atoms with Crippen molar-refractivity contribution in [3.05, 3.63) is 46.2 Å². The Balaban J connectivity index is 2.45. The van der Waals surface area contributed by atoms with E-state index in [-0.39, 0.29) is 4.88 Å². The molecule has 18 heavy (non-hydrogen) atoms. The van der Waals surface area contributed by atoms with E-state index in [1.165, 1.54) is 7.11 Å². The smallest absolute Gasteiger partial charge is 0.337 e. The maximum atomic E-state index is 12.8. The average Bonchev–Trinajstić information content (AvgIpc) is 2.87. The van der Waals surface area contributed by atoms with Gasteiger partial charge < -0.3 is 4.74 Å². The molecule has 0 aliphatic carbocycles. The molecule has 2 rings (SSSR count). The number of ether oxygens (including phenoxy) is 1. The number of thiophene rings is 1. The summed E-state index contributed by atoms with van der Waals surface area (Å²) in [6, 6.07) is 8.11. The first-order chi connectivity index (χ1) is 8.63. The molecule has 0 saturated carbocycles. The molecular weight excluding hydrogens is 258 g/mol. The summed E-state index contributed by atoms with van der Waals surface area (Å²) in [7, 11) is 1.28. The number of benzene rings is 1. The summed E-state index contributed by atoms with van der Waals surface area (Å²) in [5.74, 6) is -0.481. The molecule has 0 unspecified atom stereocenters. The van der Waals surface area contributed by atoms with Gasteiger partial charge in [0.25, 0.3) is 6.43 Å². The van der Waals surface area contributed by atoms with Gasteiger partial charge in [-0.25, -0.2) is 13.6 Å². The zero-order valence-corrected chi connectivity index (χ0v) is 10.3. The number of alkyl halides is 2. The average molecular weight is 268 g/mol. The van der Waals surface area contributed by atoms with Crippen molar-refractivity contribution in [1.82, 2.24) is 0 Å². The highest BCUT2D eigenvalue weighted by Gasteiger charge is 2.16. The third-order valence-corrected chi connectivity index (χ3v) is 3.41. The Morgan fingerprint density at radius 1 is 1.33 bits per heavy atom. The lowest BCUT2D eigenvalue weighted by molar-refractivity contribution is 0.0601. The van der Waals surface area contributed by atoms with Gasteiger partial charge in [-0.05, 0) is 29.1 Å². The maximum absolute atomic E-state index is 12.8. The number of halogens is 2. The molecule has 0 radical (unpaired) electrons. The van der Waals surface area contributed by atoms with Crippen molar-refractivity contribution in [1.29, 1.82) is 0 Å². The summed E-state index contributed by atoms with van der Waals surface area (Å²) >= 11 is 1.01. The molecule has 0 N–H and O–H groups in total. The lowest BCUT2D eigenvalue weighted by Crippen LogP contribution is -2.00. The van der Waals surface area contributed by atoms with E-state index in [0.717, 1.165) is 11.3 Å². The molecule has 1 heterocycles. The molecule has 0 atom stereocenters. The summed E-state index contributed by atoms with van der Waals surface area (Å²) in [5.41, 5.74) is 1.40. The summed E-state index contributed by atoms with van der Waals surface area (Å²) in [6.45, 7) is 0. The van der Waals surface area contributed by atoms with Crippen molar-refractivity contribution in [2.75, 3.05) is 7.11 Å². The lowest BCUT2D eigenvalue weighted by atomic mass is 10.0. The largest absolute Gasteiger partial charge is 0.465 e. The van der Waals surface area contributed by atoms with Gasteiger partial charge in [0, 0.05) is 5.56 Å². The molecule has 1 aromatic heterocycles. The van der Waals surface area contributed by atoms with E-state index in [2.05, 4.69) is 4.74 Å². The second-order valence-electron chi connectivity index (χ2n) is 3.57. The quantitative estimate of drug-likeness (QED) is 0.782. The summed E-state index contributed by atoms with van der Waals surface area (Å²) < 4.78 is 30.2. The van der Waals surface area contributed by atoms with Gasteiger partial charge in [0.2, 0.25) is 0 Å². The van der Waals surface area contributed by atoms with Gasteiger partial charge in [-0.3, -0.25) is 0 Å². The summed E-state index contributed by atoms with van der Waals surface area (Å²) in [5, 5.41) is 1.61. The van der Waals surface area contributed by atoms with Crippen molar-refractivity contribution >= 4 is 17.3 Å². The van der Waals surface area contributed by atoms with Crippen LogP contribution in [0.5, 0.6) is 0 Å². The third-order valence-electron chi connectivity index (χ3n) is 2.49. The highest BCUT2D eigenvalue weighted by atomic mass is 32.1. The highest BCUT2D eigenvalue weighted by Crippen LogP contribution is 2.35. The standard InChI is InChI=1S/C13H10F2O2S/c1-17-13(16)9-4-2-3-8(7-9)10-5-6-18-11(10)12(14)15/h2-7,12H,1H3. The number of methoxy groups -OCH3 is 1. The minimum atomic E-state index is -2.51. The summed E-state index contributed by atoms with van der Waals surface area (Å²) in [4.78, 5) is 11.4. The van der Waals surface area contributed by atoms with Crippen molar-refractivity contribution < 1.29 is 18.3 Å². The molecule has 0 spiro atoms. The first kappa shape index (κ1) is 12.7. The zero-order chi connectivity index (χ0) is 13.1. The highest BCUT2D eigenvalue weighted by molar-refractivity contribution is 7.10. The van der Waals surface area contributed by atoms with E-state index < -0.39 is 12.4 Å². The topological polar surface area (TPSA) is 26.3 Å². The zero-order valence-electron chi connectivity index (χ0n) is 9.52. The van der Waals surface area contributed by atoms with Crippen LogP contribution in [0.3, 0.4) is 0 Å². The number of carbonyl (C=O) groups is 1. The lowest BCUT2D eigenvalue weighted by Gasteiger charge is -2.05. The van der Waals surface area contributed by atoms with Crippen molar-refractivity contribution in [2.24, 2.45) is 0 Å². The fraction of sp³-hybridized carbons (Fsp3) is 0.154. The normalized spacial score (nSPS) is 10.7. The van der Waals surface area contributed by atoms with Crippen LogP contribution in [0.1, 0.15) is 21.7 Å². The van der Waals surface area contributed by atoms with Gasteiger partial charge in [0.1, 0.15) is 0 Å². The van der Waals surface area contributed by atoms with E-state index >= 15 is 0 Å². The van der Waals surface area contributed by atoms with E-state index in [4.69, 9.17) is 0 Å². The number of hydrogen-bond acceptors (Lipinski definition) is 3. The van der Waals surface area contributed by atoms with Crippen LogP contribution < -0.4 is 0 Å². The van der Waals surface area contributed by atoms with Crippen LogP contribution >= 0.6 is 11.3 Å². The fourth-order valence-electron chi connectivity index (χ4n) is 1.66. The molecule has 0 amide bonds. The molecule has 94 valence electrons. The van der Waals surface area contributed by atoms with Crippen LogP contribution in [0.4, 0.5) is 8.78 Å². The Bertz CT molecular complexity index is 564. The fourth-order valence-corrected chi connectivity index (χ4v) is 2.43. The van der Waals surface area contributed by atoms with Gasteiger partial charge in [0.15, 0.2) is 0 Å². The predicted octanol–water partition coefficient (Wildman–Crippen LogP) is 4.14. The SMILES string of the molecule is COC(=O)c1cccc(-c2ccsc2C(F)F)c1. The number of esters is 1. The molecule has 0 saturated heterocycles. The second kappa shape index (κ2) is 5.27. The number of rotatable bonds is 3. The molecule has 0 aliphatic rings. The summed E-state index contributed by atoms with van der Waals surface area (Å²) in [6.07, 6.45) is -2.51. The van der Waals surface area contributed by atoms with E-state index in [0.29, 0.717) is 16.7 Å². The van der Waals surface area contributed by atoms with Crippen LogP contribution in [-0.4, -0.2) is 13.1 Å². The molecule has 0 fully saturated rings. The Labute approximate surface area is 107 Å². The minimum Gasteiger partial charge on any atom is -0.465 e. The van der Waals surface area contributed by atoms with E-state index in [1.54, 1.807) is 35.7 Å². The van der Waals surface area contributed by atoms with Crippen molar-refractivity contribution in [3.63, 3.8) is 0 Å². The first-order valence-electron chi connectivity index (χ1n) is 5.17. The van der Waals surface area contributed by atoms with Crippen molar-refractivity contribution in [2.45, 2.75) is 6.43 Å². The molecule has 1 aromatic carbocycles. The third kappa shape index (κ3) is 2.41. The molecule has 0 aliphatic heterocycles. The van der Waals surface area contributed by atoms with Gasteiger partial charge in [-0.2, -0.15) is 0 Å². The van der Waals surface area contributed by atoms with Gasteiger partial charge in [0.05, 0.1) is 17.6 Å². The van der Waals surface area contributed by atoms with Crippen LogP contribution in [0.2, 0.25) is 0 Å². The van der Waals surface area contributed by atoms with Gasteiger partial charge in [-0.1, -0.05) is 12.1 Å². The van der Waals surface area contributed by atoms with Crippen LogP contribution in [0, 0.1) is 0 Å². The predicted molar refractivity (Wildman–Crippen MR) is 66.1 cm³/mol. The molecule has 0 bridgehead atoms. The molecule has 5 heteroatoms. The van der Waals surface area contributed by atoms with Crippen molar-refractivity contribution in [3.8, 4) is 11.1 Å².